The Kier molecular flexibility index (Phi) is 3.70. The molecule has 88 valence electrons. The molecule has 1 aromatic rings. The predicted octanol–water partition coefficient (Wildman–Crippen LogP) is 3.13. The average molecular weight is 218 g/mol. The van der Waals surface area contributed by atoms with Gasteiger partial charge in [0.1, 0.15) is 0 Å². The lowest BCUT2D eigenvalue weighted by Gasteiger charge is -2.38. The van der Waals surface area contributed by atoms with Crippen LogP contribution in [0.4, 0.5) is 11.4 Å². The first-order valence-electron chi connectivity index (χ1n) is 6.45. The first kappa shape index (κ1) is 11.3. The lowest BCUT2D eigenvalue weighted by molar-refractivity contribution is 0.679. The van der Waals surface area contributed by atoms with Crippen LogP contribution in [0.15, 0.2) is 24.3 Å². The third kappa shape index (κ3) is 2.16. The molecule has 1 heterocycles. The monoisotopic (exact) mass is 218 g/mol. The van der Waals surface area contributed by atoms with E-state index in [1.807, 2.05) is 0 Å². The maximum absolute atomic E-state index is 2.52. The highest BCUT2D eigenvalue weighted by Gasteiger charge is 2.20. The highest BCUT2D eigenvalue weighted by Crippen LogP contribution is 2.32. The summed E-state index contributed by atoms with van der Waals surface area (Å²) in [6, 6.07) is 8.81. The molecule has 0 aliphatic carbocycles. The van der Waals surface area contributed by atoms with Gasteiger partial charge in [-0.05, 0) is 25.0 Å². The Morgan fingerprint density at radius 1 is 0.875 bits per heavy atom. The summed E-state index contributed by atoms with van der Waals surface area (Å²) in [5, 5.41) is 0. The van der Waals surface area contributed by atoms with Crippen molar-refractivity contribution in [1.29, 1.82) is 0 Å². The first-order chi connectivity index (χ1) is 7.86. The van der Waals surface area contributed by atoms with Gasteiger partial charge >= 0.3 is 0 Å². The van der Waals surface area contributed by atoms with Crippen LogP contribution in [0.3, 0.4) is 0 Å². The van der Waals surface area contributed by atoms with Crippen molar-refractivity contribution in [3.8, 4) is 0 Å². The number of hydrogen-bond acceptors (Lipinski definition) is 2. The minimum Gasteiger partial charge on any atom is -0.368 e. The SMILES string of the molecule is CCCN1CCN(CCC)c2ccccc21. The van der Waals surface area contributed by atoms with Crippen molar-refractivity contribution in [2.75, 3.05) is 36.0 Å². The minimum atomic E-state index is 1.17. The maximum atomic E-state index is 2.52. The molecular formula is C14H22N2. The van der Waals surface area contributed by atoms with Crippen LogP contribution in [0, 0.1) is 0 Å². The summed E-state index contributed by atoms with van der Waals surface area (Å²) in [6.07, 6.45) is 2.45. The zero-order valence-corrected chi connectivity index (χ0v) is 10.4. The molecule has 1 aromatic carbocycles. The Labute approximate surface area is 98.9 Å². The smallest absolute Gasteiger partial charge is 0.0604 e. The molecule has 0 N–H and O–H groups in total. The fourth-order valence-electron chi connectivity index (χ4n) is 2.49. The molecule has 2 nitrogen and oxygen atoms in total. The van der Waals surface area contributed by atoms with Crippen LogP contribution in [0.5, 0.6) is 0 Å². The minimum absolute atomic E-state index is 1.17. The van der Waals surface area contributed by atoms with Crippen molar-refractivity contribution in [2.24, 2.45) is 0 Å². The van der Waals surface area contributed by atoms with E-state index in [0.717, 1.165) is 0 Å². The number of benzene rings is 1. The number of anilines is 2. The Bertz CT molecular complexity index is 302. The Morgan fingerprint density at radius 3 is 1.69 bits per heavy atom. The quantitative estimate of drug-likeness (QED) is 0.766. The lowest BCUT2D eigenvalue weighted by Crippen LogP contribution is -2.41. The molecule has 16 heavy (non-hydrogen) atoms. The van der Waals surface area contributed by atoms with Crippen LogP contribution in [-0.4, -0.2) is 26.2 Å². The molecule has 0 spiro atoms. The van der Waals surface area contributed by atoms with E-state index < -0.39 is 0 Å². The van der Waals surface area contributed by atoms with Gasteiger partial charge in [0.2, 0.25) is 0 Å². The summed E-state index contributed by atoms with van der Waals surface area (Å²) in [6.45, 7) is 9.20. The van der Waals surface area contributed by atoms with Gasteiger partial charge in [0.05, 0.1) is 11.4 Å². The Hall–Kier alpha value is -1.18. The molecule has 2 rings (SSSR count). The van der Waals surface area contributed by atoms with E-state index in [9.17, 15) is 0 Å². The van der Waals surface area contributed by atoms with Crippen molar-refractivity contribution in [2.45, 2.75) is 26.7 Å². The van der Waals surface area contributed by atoms with E-state index in [1.165, 1.54) is 50.4 Å². The Balaban J connectivity index is 2.25. The molecule has 0 bridgehead atoms. The van der Waals surface area contributed by atoms with Gasteiger partial charge in [-0.3, -0.25) is 0 Å². The van der Waals surface area contributed by atoms with Crippen LogP contribution in [-0.2, 0) is 0 Å². The van der Waals surface area contributed by atoms with Crippen molar-refractivity contribution in [3.63, 3.8) is 0 Å². The van der Waals surface area contributed by atoms with E-state index in [0.29, 0.717) is 0 Å². The third-order valence-electron chi connectivity index (χ3n) is 3.19. The summed E-state index contributed by atoms with van der Waals surface area (Å²) < 4.78 is 0. The standard InChI is InChI=1S/C14H22N2/c1-3-9-15-11-12-16(10-4-2)14-8-6-5-7-13(14)15/h5-8H,3-4,9-12H2,1-2H3. The van der Waals surface area contributed by atoms with Gasteiger partial charge in [-0.25, -0.2) is 0 Å². The molecule has 1 aliphatic heterocycles. The summed E-state index contributed by atoms with van der Waals surface area (Å²) in [7, 11) is 0. The van der Waals surface area contributed by atoms with Gasteiger partial charge in [0, 0.05) is 26.2 Å². The maximum Gasteiger partial charge on any atom is 0.0604 e. The van der Waals surface area contributed by atoms with Gasteiger partial charge in [-0.15, -0.1) is 0 Å². The number of para-hydroxylation sites is 2. The number of nitrogens with zero attached hydrogens (tertiary/aromatic N) is 2. The second-order valence-electron chi connectivity index (χ2n) is 4.46. The predicted molar refractivity (Wildman–Crippen MR) is 71.5 cm³/mol. The molecule has 0 atom stereocenters. The van der Waals surface area contributed by atoms with E-state index >= 15 is 0 Å². The fourth-order valence-corrected chi connectivity index (χ4v) is 2.49. The van der Waals surface area contributed by atoms with Crippen molar-refractivity contribution >= 4 is 11.4 Å². The van der Waals surface area contributed by atoms with Crippen molar-refractivity contribution in [1.82, 2.24) is 0 Å². The zero-order chi connectivity index (χ0) is 11.4. The summed E-state index contributed by atoms with van der Waals surface area (Å²) in [4.78, 5) is 5.03. The van der Waals surface area contributed by atoms with Crippen LogP contribution in [0.1, 0.15) is 26.7 Å². The molecule has 1 aliphatic rings. The normalized spacial score (nSPS) is 15.1. The van der Waals surface area contributed by atoms with Gasteiger partial charge < -0.3 is 9.80 Å². The third-order valence-corrected chi connectivity index (χ3v) is 3.19. The summed E-state index contributed by atoms with van der Waals surface area (Å²) >= 11 is 0. The highest BCUT2D eigenvalue weighted by atomic mass is 15.3. The van der Waals surface area contributed by atoms with Crippen molar-refractivity contribution in [3.05, 3.63) is 24.3 Å². The highest BCUT2D eigenvalue weighted by molar-refractivity contribution is 5.73. The first-order valence-corrected chi connectivity index (χ1v) is 6.45. The van der Waals surface area contributed by atoms with Crippen LogP contribution in [0.2, 0.25) is 0 Å². The Morgan fingerprint density at radius 2 is 1.31 bits per heavy atom. The van der Waals surface area contributed by atoms with Crippen LogP contribution < -0.4 is 9.80 Å². The topological polar surface area (TPSA) is 6.48 Å². The molecule has 0 unspecified atom stereocenters. The van der Waals surface area contributed by atoms with E-state index in [1.54, 1.807) is 0 Å². The molecule has 0 aromatic heterocycles. The van der Waals surface area contributed by atoms with Crippen molar-refractivity contribution < 1.29 is 0 Å². The second-order valence-corrected chi connectivity index (χ2v) is 4.46. The van der Waals surface area contributed by atoms with Crippen LogP contribution >= 0.6 is 0 Å². The number of hydrogen-bond donors (Lipinski definition) is 0. The largest absolute Gasteiger partial charge is 0.368 e. The average Bonchev–Trinajstić information content (AvgIpc) is 2.33. The number of fused-ring (bicyclic) bond motifs is 1. The molecule has 0 saturated heterocycles. The fraction of sp³-hybridized carbons (Fsp3) is 0.571. The molecule has 0 saturated carbocycles. The zero-order valence-electron chi connectivity index (χ0n) is 10.4. The molecule has 0 fully saturated rings. The summed E-state index contributed by atoms with van der Waals surface area (Å²) in [5.41, 5.74) is 2.84. The molecule has 2 heteroatoms. The van der Waals surface area contributed by atoms with E-state index in [-0.39, 0.29) is 0 Å². The second kappa shape index (κ2) is 5.24. The molecule has 0 amide bonds. The van der Waals surface area contributed by atoms with Gasteiger partial charge in [0.25, 0.3) is 0 Å². The summed E-state index contributed by atoms with van der Waals surface area (Å²) in [5.74, 6) is 0. The number of rotatable bonds is 4. The van der Waals surface area contributed by atoms with Gasteiger partial charge in [0.15, 0.2) is 0 Å². The van der Waals surface area contributed by atoms with E-state index in [4.69, 9.17) is 0 Å². The van der Waals surface area contributed by atoms with E-state index in [2.05, 4.69) is 47.9 Å². The molecular weight excluding hydrogens is 196 g/mol. The lowest BCUT2D eigenvalue weighted by atomic mass is 10.1. The van der Waals surface area contributed by atoms with Gasteiger partial charge in [-0.2, -0.15) is 0 Å². The van der Waals surface area contributed by atoms with Gasteiger partial charge in [-0.1, -0.05) is 26.0 Å². The van der Waals surface area contributed by atoms with Crippen LogP contribution in [0.25, 0.3) is 0 Å². The molecule has 0 radical (unpaired) electrons.